The van der Waals surface area contributed by atoms with E-state index in [-0.39, 0.29) is 10.6 Å². The van der Waals surface area contributed by atoms with E-state index in [1.807, 2.05) is 0 Å². The molecule has 3 N–H and O–H groups in total. The van der Waals surface area contributed by atoms with Crippen molar-refractivity contribution in [3.63, 3.8) is 0 Å². The number of sulfonamides is 1. The summed E-state index contributed by atoms with van der Waals surface area (Å²) in [6.45, 7) is 3.21. The number of phenols is 1. The maximum absolute atomic E-state index is 11.0. The van der Waals surface area contributed by atoms with Crippen LogP contribution >= 0.6 is 0 Å². The van der Waals surface area contributed by atoms with E-state index in [2.05, 4.69) is 0 Å². The van der Waals surface area contributed by atoms with Gasteiger partial charge in [0.05, 0.1) is 4.90 Å². The predicted octanol–water partition coefficient (Wildman–Crippen LogP) is 0.656. The summed E-state index contributed by atoms with van der Waals surface area (Å²) in [4.78, 5) is -0.0319. The molecule has 13 heavy (non-hydrogen) atoms. The number of hydrogen-bond donors (Lipinski definition) is 2. The molecule has 72 valence electrons. The van der Waals surface area contributed by atoms with Gasteiger partial charge in [-0.15, -0.1) is 0 Å². The van der Waals surface area contributed by atoms with Gasteiger partial charge in [0.2, 0.25) is 10.0 Å². The largest absolute Gasteiger partial charge is 0.507 e. The van der Waals surface area contributed by atoms with Gasteiger partial charge in [0.25, 0.3) is 0 Å². The van der Waals surface area contributed by atoms with Crippen molar-refractivity contribution in [2.75, 3.05) is 0 Å². The number of aryl methyl sites for hydroxylation is 1. The second-order valence-electron chi connectivity index (χ2n) is 2.90. The van der Waals surface area contributed by atoms with Crippen LogP contribution in [0.3, 0.4) is 0 Å². The van der Waals surface area contributed by atoms with Crippen molar-refractivity contribution in [3.05, 3.63) is 23.3 Å². The van der Waals surface area contributed by atoms with Crippen molar-refractivity contribution < 1.29 is 13.5 Å². The van der Waals surface area contributed by atoms with Crippen LogP contribution in [0, 0.1) is 13.8 Å². The van der Waals surface area contributed by atoms with Crippen LogP contribution in [-0.4, -0.2) is 13.5 Å². The summed E-state index contributed by atoms with van der Waals surface area (Å²) in [5.41, 5.74) is 0.924. The average molecular weight is 201 g/mol. The molecule has 0 atom stereocenters. The summed E-state index contributed by atoms with van der Waals surface area (Å²) < 4.78 is 22.0. The Labute approximate surface area is 77.1 Å². The summed E-state index contributed by atoms with van der Waals surface area (Å²) >= 11 is 0. The minimum absolute atomic E-state index is 0.0217. The van der Waals surface area contributed by atoms with E-state index in [0.29, 0.717) is 11.1 Å². The fourth-order valence-corrected chi connectivity index (χ4v) is 1.91. The summed E-state index contributed by atoms with van der Waals surface area (Å²) in [6, 6.07) is 2.90. The normalized spacial score (nSPS) is 11.6. The molecule has 1 aromatic carbocycles. The number of nitrogens with two attached hydrogens (primary N) is 1. The minimum Gasteiger partial charge on any atom is -0.507 e. The highest BCUT2D eigenvalue weighted by molar-refractivity contribution is 7.89. The first-order valence-electron chi connectivity index (χ1n) is 3.66. The van der Waals surface area contributed by atoms with Gasteiger partial charge in [0, 0.05) is 5.56 Å². The van der Waals surface area contributed by atoms with E-state index >= 15 is 0 Å². The molecule has 0 amide bonds. The quantitative estimate of drug-likeness (QED) is 0.700. The molecule has 0 radical (unpaired) electrons. The molecule has 0 aromatic heterocycles. The molecule has 1 rings (SSSR count). The Morgan fingerprint density at radius 3 is 2.31 bits per heavy atom. The van der Waals surface area contributed by atoms with Gasteiger partial charge in [-0.2, -0.15) is 0 Å². The van der Waals surface area contributed by atoms with Gasteiger partial charge >= 0.3 is 0 Å². The molecule has 0 aliphatic rings. The molecule has 0 aliphatic heterocycles. The standard InChI is InChI=1S/C8H11NO3S/c1-5-3-4-7(13(9,11)12)6(2)8(5)10/h3-4,10H,1-2H3,(H2,9,11,12). The molecule has 0 spiro atoms. The minimum atomic E-state index is -3.73. The lowest BCUT2D eigenvalue weighted by molar-refractivity contribution is 0.464. The van der Waals surface area contributed by atoms with Crippen molar-refractivity contribution in [3.8, 4) is 5.75 Å². The van der Waals surface area contributed by atoms with Crippen LogP contribution in [-0.2, 0) is 10.0 Å². The Morgan fingerprint density at radius 2 is 1.85 bits per heavy atom. The van der Waals surface area contributed by atoms with E-state index in [4.69, 9.17) is 5.14 Å². The van der Waals surface area contributed by atoms with Gasteiger partial charge in [-0.25, -0.2) is 13.6 Å². The highest BCUT2D eigenvalue weighted by atomic mass is 32.2. The maximum atomic E-state index is 11.0. The van der Waals surface area contributed by atoms with E-state index in [1.54, 1.807) is 6.92 Å². The van der Waals surface area contributed by atoms with E-state index in [0.717, 1.165) is 0 Å². The second kappa shape index (κ2) is 3.01. The van der Waals surface area contributed by atoms with Crippen LogP contribution in [0.1, 0.15) is 11.1 Å². The van der Waals surface area contributed by atoms with Crippen LogP contribution in [0.2, 0.25) is 0 Å². The zero-order chi connectivity index (χ0) is 10.2. The van der Waals surface area contributed by atoms with Crippen molar-refractivity contribution in [1.29, 1.82) is 0 Å². The predicted molar refractivity (Wildman–Crippen MR) is 49.0 cm³/mol. The van der Waals surface area contributed by atoms with Crippen molar-refractivity contribution in [1.82, 2.24) is 0 Å². The zero-order valence-corrected chi connectivity index (χ0v) is 8.22. The molecule has 0 aliphatic carbocycles. The number of aromatic hydroxyl groups is 1. The SMILES string of the molecule is Cc1ccc(S(N)(=O)=O)c(C)c1O. The van der Waals surface area contributed by atoms with Gasteiger partial charge in [-0.1, -0.05) is 6.07 Å². The third-order valence-corrected chi connectivity index (χ3v) is 2.94. The molecule has 0 fully saturated rings. The highest BCUT2D eigenvalue weighted by Gasteiger charge is 2.14. The summed E-state index contributed by atoms with van der Waals surface area (Å²) in [5.74, 6) is -0.0217. The molecule has 0 bridgehead atoms. The second-order valence-corrected chi connectivity index (χ2v) is 4.43. The van der Waals surface area contributed by atoms with Gasteiger partial charge in [-0.05, 0) is 25.5 Å². The molecule has 1 aromatic rings. The lowest BCUT2D eigenvalue weighted by Crippen LogP contribution is -2.13. The van der Waals surface area contributed by atoms with Gasteiger partial charge < -0.3 is 5.11 Å². The Balaban J connectivity index is 3.53. The lowest BCUT2D eigenvalue weighted by atomic mass is 10.1. The Bertz CT molecular complexity index is 437. The average Bonchev–Trinajstić information content (AvgIpc) is 1.98. The molecular formula is C8H11NO3S. The highest BCUT2D eigenvalue weighted by Crippen LogP contribution is 2.26. The Hall–Kier alpha value is -1.07. The lowest BCUT2D eigenvalue weighted by Gasteiger charge is -2.07. The first kappa shape index (κ1) is 10.0. The number of rotatable bonds is 1. The van der Waals surface area contributed by atoms with Crippen LogP contribution in [0.5, 0.6) is 5.75 Å². The van der Waals surface area contributed by atoms with Gasteiger partial charge in [0.15, 0.2) is 0 Å². The summed E-state index contributed by atoms with van der Waals surface area (Å²) in [6.07, 6.45) is 0. The third kappa shape index (κ3) is 1.81. The first-order valence-corrected chi connectivity index (χ1v) is 5.20. The number of phenolic OH excluding ortho intramolecular Hbond substituents is 1. The molecule has 4 nitrogen and oxygen atoms in total. The fourth-order valence-electron chi connectivity index (χ4n) is 1.13. The van der Waals surface area contributed by atoms with Gasteiger partial charge in [0.1, 0.15) is 5.75 Å². The molecule has 0 heterocycles. The summed E-state index contributed by atoms with van der Waals surface area (Å²) in [5, 5.41) is 14.4. The molecule has 5 heteroatoms. The van der Waals surface area contributed by atoms with Gasteiger partial charge in [-0.3, -0.25) is 0 Å². The Kier molecular flexibility index (Phi) is 2.32. The van der Waals surface area contributed by atoms with Crippen LogP contribution < -0.4 is 5.14 Å². The number of hydrogen-bond acceptors (Lipinski definition) is 3. The summed E-state index contributed by atoms with van der Waals surface area (Å²) in [7, 11) is -3.73. The number of primary sulfonamides is 1. The number of benzene rings is 1. The van der Waals surface area contributed by atoms with Crippen LogP contribution in [0.4, 0.5) is 0 Å². The fraction of sp³-hybridized carbons (Fsp3) is 0.250. The van der Waals surface area contributed by atoms with E-state index < -0.39 is 10.0 Å². The topological polar surface area (TPSA) is 80.4 Å². The maximum Gasteiger partial charge on any atom is 0.238 e. The van der Waals surface area contributed by atoms with E-state index in [1.165, 1.54) is 19.1 Å². The molecular weight excluding hydrogens is 190 g/mol. The Morgan fingerprint density at radius 1 is 1.31 bits per heavy atom. The van der Waals surface area contributed by atoms with Crippen LogP contribution in [0.15, 0.2) is 17.0 Å². The third-order valence-electron chi connectivity index (χ3n) is 1.89. The van der Waals surface area contributed by atoms with Crippen molar-refractivity contribution in [2.45, 2.75) is 18.7 Å². The first-order chi connectivity index (χ1) is 5.84. The zero-order valence-electron chi connectivity index (χ0n) is 7.40. The molecule has 0 unspecified atom stereocenters. The smallest absolute Gasteiger partial charge is 0.238 e. The van der Waals surface area contributed by atoms with E-state index in [9.17, 15) is 13.5 Å². The van der Waals surface area contributed by atoms with Crippen LogP contribution in [0.25, 0.3) is 0 Å². The molecule has 0 saturated heterocycles. The monoisotopic (exact) mass is 201 g/mol. The van der Waals surface area contributed by atoms with Crippen molar-refractivity contribution in [2.24, 2.45) is 5.14 Å². The van der Waals surface area contributed by atoms with Crippen molar-refractivity contribution >= 4 is 10.0 Å². The molecule has 0 saturated carbocycles.